The van der Waals surface area contributed by atoms with Gasteiger partial charge in [-0.1, -0.05) is 60.3 Å². The van der Waals surface area contributed by atoms with E-state index in [0.29, 0.717) is 12.1 Å². The van der Waals surface area contributed by atoms with Crippen LogP contribution >= 0.6 is 23.2 Å². The Morgan fingerprint density at radius 3 is 1.56 bits per heavy atom. The molecule has 4 aliphatic rings. The smallest absolute Gasteiger partial charge is 0.0409 e. The quantitative estimate of drug-likeness (QED) is 0.500. The fourth-order valence-electron chi connectivity index (χ4n) is 6.79. The molecule has 0 radical (unpaired) electrons. The molecule has 36 heavy (non-hydrogen) atoms. The van der Waals surface area contributed by atoms with E-state index < -0.39 is 0 Å². The number of rotatable bonds is 4. The van der Waals surface area contributed by atoms with Crippen molar-refractivity contribution < 1.29 is 0 Å². The van der Waals surface area contributed by atoms with Gasteiger partial charge in [0.15, 0.2) is 0 Å². The molecule has 6 rings (SSSR count). The number of halogens is 2. The molecule has 0 bridgehead atoms. The van der Waals surface area contributed by atoms with Crippen molar-refractivity contribution in [3.63, 3.8) is 0 Å². The molecule has 0 saturated carbocycles. The Labute approximate surface area is 227 Å². The van der Waals surface area contributed by atoms with Gasteiger partial charge in [-0.15, -0.1) is 0 Å². The Morgan fingerprint density at radius 2 is 1.11 bits per heavy atom. The molecule has 0 aromatic heterocycles. The lowest BCUT2D eigenvalue weighted by atomic mass is 10.0. The van der Waals surface area contributed by atoms with Crippen molar-refractivity contribution in [2.45, 2.75) is 88.6 Å². The highest BCUT2D eigenvalue weighted by Crippen LogP contribution is 2.27. The van der Waals surface area contributed by atoms with E-state index in [0.717, 1.165) is 35.2 Å². The number of nitrogens with one attached hydrogen (secondary N) is 2. The summed E-state index contributed by atoms with van der Waals surface area (Å²) in [6.07, 6.45) is 10.7. The van der Waals surface area contributed by atoms with Crippen LogP contribution in [0, 0.1) is 0 Å². The van der Waals surface area contributed by atoms with E-state index in [1.54, 1.807) is 0 Å². The van der Waals surface area contributed by atoms with Crippen LogP contribution in [0.15, 0.2) is 48.5 Å². The summed E-state index contributed by atoms with van der Waals surface area (Å²) in [6, 6.07) is 19.5. The van der Waals surface area contributed by atoms with Gasteiger partial charge in [-0.2, -0.15) is 0 Å². The molecule has 4 aliphatic heterocycles. The third-order valence-corrected chi connectivity index (χ3v) is 9.00. The van der Waals surface area contributed by atoms with Gasteiger partial charge in [0.05, 0.1) is 0 Å². The van der Waals surface area contributed by atoms with Gasteiger partial charge in [-0.25, -0.2) is 0 Å². The Bertz CT molecular complexity index is 892. The molecule has 0 aliphatic carbocycles. The molecule has 4 heterocycles. The molecule has 0 spiro atoms. The lowest BCUT2D eigenvalue weighted by molar-refractivity contribution is 0.186. The molecule has 6 heteroatoms. The molecule has 4 nitrogen and oxygen atoms in total. The highest BCUT2D eigenvalue weighted by molar-refractivity contribution is 6.30. The van der Waals surface area contributed by atoms with Crippen LogP contribution in [0.25, 0.3) is 0 Å². The number of hydrogen-bond donors (Lipinski definition) is 2. The van der Waals surface area contributed by atoms with Crippen LogP contribution in [0.3, 0.4) is 0 Å². The molecule has 0 amide bonds. The molecule has 4 unspecified atom stereocenters. The van der Waals surface area contributed by atoms with E-state index in [1.165, 1.54) is 88.7 Å². The summed E-state index contributed by atoms with van der Waals surface area (Å²) < 4.78 is 0. The summed E-state index contributed by atoms with van der Waals surface area (Å²) in [4.78, 5) is 5.31. The van der Waals surface area contributed by atoms with Crippen molar-refractivity contribution in [1.82, 2.24) is 20.4 Å². The van der Waals surface area contributed by atoms with Crippen LogP contribution < -0.4 is 10.6 Å². The normalized spacial score (nSPS) is 28.9. The fourth-order valence-corrected chi connectivity index (χ4v) is 7.22. The van der Waals surface area contributed by atoms with Crippen molar-refractivity contribution >= 4 is 23.2 Å². The van der Waals surface area contributed by atoms with E-state index >= 15 is 0 Å². The molecular formula is C30H42Cl2N4. The van der Waals surface area contributed by atoms with Crippen molar-refractivity contribution in [2.75, 3.05) is 26.2 Å². The minimum absolute atomic E-state index is 0.715. The van der Waals surface area contributed by atoms with Crippen molar-refractivity contribution in [3.05, 3.63) is 69.7 Å². The zero-order valence-electron chi connectivity index (χ0n) is 21.5. The topological polar surface area (TPSA) is 30.5 Å². The van der Waals surface area contributed by atoms with Crippen LogP contribution in [-0.4, -0.2) is 60.1 Å². The maximum absolute atomic E-state index is 6.08. The van der Waals surface area contributed by atoms with Crippen molar-refractivity contribution in [1.29, 1.82) is 0 Å². The average Bonchev–Trinajstić information content (AvgIpc) is 3.45. The summed E-state index contributed by atoms with van der Waals surface area (Å²) in [6.45, 7) is 6.92. The first-order chi connectivity index (χ1) is 17.7. The van der Waals surface area contributed by atoms with Gasteiger partial charge in [-0.3, -0.25) is 9.80 Å². The average molecular weight is 530 g/mol. The Morgan fingerprint density at radius 1 is 0.639 bits per heavy atom. The zero-order valence-corrected chi connectivity index (χ0v) is 23.0. The van der Waals surface area contributed by atoms with E-state index in [4.69, 9.17) is 23.2 Å². The second-order valence-electron chi connectivity index (χ2n) is 11.0. The monoisotopic (exact) mass is 528 g/mol. The summed E-state index contributed by atoms with van der Waals surface area (Å²) in [5.74, 6) is 0. The first kappa shape index (κ1) is 26.5. The second kappa shape index (κ2) is 13.1. The van der Waals surface area contributed by atoms with Crippen LogP contribution in [0.4, 0.5) is 0 Å². The van der Waals surface area contributed by atoms with Gasteiger partial charge in [0, 0.05) is 47.3 Å². The molecule has 2 N–H and O–H groups in total. The molecule has 2 aromatic carbocycles. The van der Waals surface area contributed by atoms with Crippen LogP contribution in [0.1, 0.15) is 62.5 Å². The van der Waals surface area contributed by atoms with Crippen LogP contribution in [-0.2, 0) is 13.1 Å². The lowest BCUT2D eigenvalue weighted by Crippen LogP contribution is -2.41. The van der Waals surface area contributed by atoms with E-state index in [-0.39, 0.29) is 0 Å². The minimum Gasteiger partial charge on any atom is -0.312 e. The maximum atomic E-state index is 6.08. The third kappa shape index (κ3) is 7.03. The van der Waals surface area contributed by atoms with Gasteiger partial charge in [0.25, 0.3) is 0 Å². The molecule has 4 saturated heterocycles. The van der Waals surface area contributed by atoms with Crippen molar-refractivity contribution in [3.8, 4) is 0 Å². The second-order valence-corrected chi connectivity index (χ2v) is 11.9. The molecule has 4 atom stereocenters. The summed E-state index contributed by atoms with van der Waals surface area (Å²) in [5, 5.41) is 9.02. The first-order valence-corrected chi connectivity index (χ1v) is 14.8. The predicted octanol–water partition coefficient (Wildman–Crippen LogP) is 6.11. The number of hydrogen-bond acceptors (Lipinski definition) is 4. The predicted molar refractivity (Wildman–Crippen MR) is 152 cm³/mol. The first-order valence-electron chi connectivity index (χ1n) is 14.1. The van der Waals surface area contributed by atoms with Gasteiger partial charge in [0.2, 0.25) is 0 Å². The highest BCUT2D eigenvalue weighted by atomic mass is 35.5. The zero-order chi connectivity index (χ0) is 24.7. The van der Waals surface area contributed by atoms with Gasteiger partial charge < -0.3 is 10.6 Å². The van der Waals surface area contributed by atoms with Crippen LogP contribution in [0.2, 0.25) is 10.0 Å². The fraction of sp³-hybridized carbons (Fsp3) is 0.600. The van der Waals surface area contributed by atoms with Gasteiger partial charge in [-0.05, 0) is 100 Å². The molecule has 2 aromatic rings. The van der Waals surface area contributed by atoms with Gasteiger partial charge >= 0.3 is 0 Å². The molecule has 196 valence electrons. The molecule has 4 fully saturated rings. The van der Waals surface area contributed by atoms with E-state index in [9.17, 15) is 0 Å². The standard InChI is InChI=1S/2C15H21ClN2/c2*16-13-5-3-4-12(10-13)11-18-9-2-1-6-14-15(18)7-8-17-14/h2*3-5,10,14-15,17H,1-2,6-9,11H2. The number of benzene rings is 2. The number of fused-ring (bicyclic) bond motifs is 2. The lowest BCUT2D eigenvalue weighted by Gasteiger charge is -2.30. The largest absolute Gasteiger partial charge is 0.312 e. The Hall–Kier alpha value is -1.14. The summed E-state index contributed by atoms with van der Waals surface area (Å²) in [5.41, 5.74) is 2.69. The number of nitrogens with zero attached hydrogens (tertiary/aromatic N) is 2. The summed E-state index contributed by atoms with van der Waals surface area (Å²) >= 11 is 12.2. The third-order valence-electron chi connectivity index (χ3n) is 8.53. The maximum Gasteiger partial charge on any atom is 0.0409 e. The Kier molecular flexibility index (Phi) is 9.62. The summed E-state index contributed by atoms with van der Waals surface area (Å²) in [7, 11) is 0. The van der Waals surface area contributed by atoms with E-state index in [1.807, 2.05) is 12.1 Å². The molecular weight excluding hydrogens is 487 g/mol. The SMILES string of the molecule is Clc1cccc(CN2CCCCC3NCCC32)c1.Clc1cccc(CN2CCCCC3NCCC32)c1. The van der Waals surface area contributed by atoms with E-state index in [2.05, 4.69) is 56.8 Å². The van der Waals surface area contributed by atoms with Gasteiger partial charge in [0.1, 0.15) is 0 Å². The highest BCUT2D eigenvalue weighted by Gasteiger charge is 2.34. The van der Waals surface area contributed by atoms with Crippen LogP contribution in [0.5, 0.6) is 0 Å². The Balaban J connectivity index is 0.000000148. The van der Waals surface area contributed by atoms with Crippen molar-refractivity contribution in [2.24, 2.45) is 0 Å². The number of likely N-dealkylation sites (tertiary alicyclic amines) is 2. The minimum atomic E-state index is 0.715.